The first-order chi connectivity index (χ1) is 29.2. The smallest absolute Gasteiger partial charge is 0.407 e. The summed E-state index contributed by atoms with van der Waals surface area (Å²) in [5.74, 6) is -0.313. The Labute approximate surface area is 365 Å². The topological polar surface area (TPSA) is 201 Å². The van der Waals surface area contributed by atoms with Crippen molar-refractivity contribution in [2.75, 3.05) is 99.0 Å². The van der Waals surface area contributed by atoms with E-state index in [1.807, 2.05) is 27.7 Å². The lowest BCUT2D eigenvalue weighted by atomic mass is 9.92. The molecule has 0 aromatic carbocycles. The fourth-order valence-corrected chi connectivity index (χ4v) is 5.53. The van der Waals surface area contributed by atoms with Crippen LogP contribution in [0.1, 0.15) is 101 Å². The number of esters is 1. The van der Waals surface area contributed by atoms with Gasteiger partial charge in [-0.1, -0.05) is 20.4 Å². The minimum Gasteiger partial charge on any atom is -0.457 e. The molecule has 0 bridgehead atoms. The molecular weight excluding hydrogens is 794 g/mol. The highest BCUT2D eigenvalue weighted by Gasteiger charge is 2.33. The van der Waals surface area contributed by atoms with Crippen molar-refractivity contribution in [3.8, 4) is 6.26 Å². The van der Waals surface area contributed by atoms with Crippen LogP contribution in [0.4, 0.5) is 4.79 Å². The van der Waals surface area contributed by atoms with E-state index in [-0.39, 0.29) is 43.5 Å². The summed E-state index contributed by atoms with van der Waals surface area (Å²) in [5.41, 5.74) is -0.213. The second-order valence-corrected chi connectivity index (χ2v) is 15.9. The predicted octanol–water partition coefficient (Wildman–Crippen LogP) is 6.11. The lowest BCUT2D eigenvalue weighted by Gasteiger charge is -2.34. The number of hydrogen-bond acceptors (Lipinski definition) is 16. The van der Waals surface area contributed by atoms with E-state index in [0.29, 0.717) is 104 Å². The predicted molar refractivity (Wildman–Crippen MR) is 229 cm³/mol. The first kappa shape index (κ1) is 57.8. The van der Waals surface area contributed by atoms with E-state index < -0.39 is 29.7 Å². The van der Waals surface area contributed by atoms with Crippen LogP contribution >= 0.6 is 0 Å². The second-order valence-electron chi connectivity index (χ2n) is 15.9. The van der Waals surface area contributed by atoms with E-state index in [1.165, 1.54) is 0 Å². The number of isocyanates is 1. The summed E-state index contributed by atoms with van der Waals surface area (Å²) in [6.45, 7) is 26.0. The summed E-state index contributed by atoms with van der Waals surface area (Å²) in [6, 6.07) is 0. The number of nitrogens with one attached hydrogen (secondary N) is 1. The van der Waals surface area contributed by atoms with Gasteiger partial charge >= 0.3 is 12.1 Å². The number of nitrogens with zero attached hydrogens (tertiary/aromatic N) is 2. The van der Waals surface area contributed by atoms with Crippen LogP contribution < -0.4 is 5.32 Å². The lowest BCUT2D eigenvalue weighted by Crippen LogP contribution is -2.43. The number of ether oxygens (including phenoxy) is 11. The van der Waals surface area contributed by atoms with Crippen LogP contribution in [0.3, 0.4) is 0 Å². The Hall–Kier alpha value is -3.17. The van der Waals surface area contributed by atoms with Crippen molar-refractivity contribution >= 4 is 18.1 Å². The summed E-state index contributed by atoms with van der Waals surface area (Å²) in [7, 11) is 0. The number of nitriles is 1. The number of aliphatic imine (C=N–C) groups is 1. The van der Waals surface area contributed by atoms with Crippen molar-refractivity contribution in [3.63, 3.8) is 0 Å². The minimum absolute atomic E-state index is 0.128. The van der Waals surface area contributed by atoms with Gasteiger partial charge in [-0.05, 0) is 92.9 Å². The highest BCUT2D eigenvalue weighted by Crippen LogP contribution is 2.22. The molecule has 0 aromatic rings. The maximum absolute atomic E-state index is 12.3. The third-order valence-corrected chi connectivity index (χ3v) is 8.86. The summed E-state index contributed by atoms with van der Waals surface area (Å²) in [5, 5.41) is 11.3. The Bertz CT molecular complexity index is 1220. The van der Waals surface area contributed by atoms with Crippen molar-refractivity contribution in [1.82, 2.24) is 5.32 Å². The standard InChI is InChI=1S/C44H79N3O14/c1-11-18-51-28-44(29-52-19-12-2,30-54-22-35(5)56-24-37(7)58-26-39(9)60-42(49)34(3)4)31-55-23-36(6)57-25-38(8)59-27-40(10)61-43(50)47-17-13-15-41(21-46-33-48)16-14-20-53-32-45/h35-41H,3,11-31H2,1-2,4-10H3,(H,47,50). The van der Waals surface area contributed by atoms with Gasteiger partial charge in [0.25, 0.3) is 6.26 Å². The van der Waals surface area contributed by atoms with Crippen molar-refractivity contribution in [2.24, 2.45) is 16.3 Å². The van der Waals surface area contributed by atoms with Gasteiger partial charge in [0, 0.05) is 25.3 Å². The van der Waals surface area contributed by atoms with Gasteiger partial charge in [0.05, 0.1) is 102 Å². The summed E-state index contributed by atoms with van der Waals surface area (Å²) in [6.07, 6.45) is 5.46. The van der Waals surface area contributed by atoms with Crippen LogP contribution in [-0.4, -0.2) is 154 Å². The average Bonchev–Trinajstić information content (AvgIpc) is 3.22. The number of carbonyl (C=O) groups is 2. The number of hydrogen-bond donors (Lipinski definition) is 1. The molecule has 0 fully saturated rings. The van der Waals surface area contributed by atoms with E-state index in [9.17, 15) is 14.4 Å². The Kier molecular flexibility index (Phi) is 35.4. The molecule has 0 saturated heterocycles. The molecule has 17 nitrogen and oxygen atoms in total. The maximum atomic E-state index is 12.3. The van der Waals surface area contributed by atoms with Crippen molar-refractivity contribution in [3.05, 3.63) is 12.2 Å². The Balaban J connectivity index is 4.77. The SMILES string of the molecule is C=C(C)C(=O)OC(C)COC(C)COC(C)COCC(COCCC)(COCCC)COCC(C)OCC(C)OCC(C)OC(=O)NCCCC(CCCOC#N)CN=C=O. The van der Waals surface area contributed by atoms with E-state index >= 15 is 0 Å². The third-order valence-electron chi connectivity index (χ3n) is 8.86. The van der Waals surface area contributed by atoms with E-state index in [1.54, 1.807) is 33.1 Å². The van der Waals surface area contributed by atoms with E-state index in [0.717, 1.165) is 25.7 Å². The zero-order valence-corrected chi connectivity index (χ0v) is 38.7. The van der Waals surface area contributed by atoms with Gasteiger partial charge in [-0.3, -0.25) is 0 Å². The summed E-state index contributed by atoms with van der Waals surface area (Å²) in [4.78, 5) is 38.3. The molecule has 7 atom stereocenters. The van der Waals surface area contributed by atoms with Crippen LogP contribution in [0.15, 0.2) is 17.1 Å². The van der Waals surface area contributed by atoms with Gasteiger partial charge in [0.15, 0.2) is 0 Å². The van der Waals surface area contributed by atoms with E-state index in [4.69, 9.17) is 57.4 Å². The number of amides is 1. The normalized spacial score (nSPS) is 15.0. The van der Waals surface area contributed by atoms with Gasteiger partial charge in [-0.15, -0.1) is 0 Å². The molecule has 354 valence electrons. The van der Waals surface area contributed by atoms with Crippen molar-refractivity contribution in [1.29, 1.82) is 5.26 Å². The van der Waals surface area contributed by atoms with Gasteiger partial charge in [0.2, 0.25) is 6.08 Å². The largest absolute Gasteiger partial charge is 0.457 e. The van der Waals surface area contributed by atoms with Gasteiger partial charge in [-0.25, -0.2) is 19.4 Å². The van der Waals surface area contributed by atoms with Crippen molar-refractivity contribution in [2.45, 2.75) is 137 Å². The van der Waals surface area contributed by atoms with Gasteiger partial charge < -0.3 is 57.4 Å². The van der Waals surface area contributed by atoms with Crippen LogP contribution in [0, 0.1) is 22.9 Å². The van der Waals surface area contributed by atoms with Crippen LogP contribution in [-0.2, 0) is 61.7 Å². The van der Waals surface area contributed by atoms with Crippen molar-refractivity contribution < 1.29 is 66.5 Å². The van der Waals surface area contributed by atoms with Gasteiger partial charge in [-0.2, -0.15) is 5.26 Å². The summed E-state index contributed by atoms with van der Waals surface area (Å²) < 4.78 is 63.6. The Morgan fingerprint density at radius 1 is 0.672 bits per heavy atom. The zero-order valence-electron chi connectivity index (χ0n) is 38.7. The zero-order chi connectivity index (χ0) is 45.7. The molecule has 0 radical (unpaired) electrons. The molecule has 0 aromatic heterocycles. The lowest BCUT2D eigenvalue weighted by molar-refractivity contribution is -0.148. The molecule has 0 aliphatic heterocycles. The molecular formula is C44H79N3O14. The van der Waals surface area contributed by atoms with Crippen LogP contribution in [0.2, 0.25) is 0 Å². The Morgan fingerprint density at radius 3 is 1.61 bits per heavy atom. The summed E-state index contributed by atoms with van der Waals surface area (Å²) >= 11 is 0. The molecule has 0 heterocycles. The average molecular weight is 874 g/mol. The molecule has 1 amide bonds. The fourth-order valence-electron chi connectivity index (χ4n) is 5.53. The fraction of sp³-hybridized carbons (Fsp3) is 0.864. The molecule has 17 heteroatoms. The molecule has 61 heavy (non-hydrogen) atoms. The third kappa shape index (κ3) is 33.1. The highest BCUT2D eigenvalue weighted by molar-refractivity contribution is 5.87. The first-order valence-corrected chi connectivity index (χ1v) is 21.8. The molecule has 0 rings (SSSR count). The second kappa shape index (κ2) is 37.4. The number of alkyl carbamates (subject to hydrolysis) is 1. The Morgan fingerprint density at radius 2 is 1.13 bits per heavy atom. The molecule has 7 unspecified atom stereocenters. The van der Waals surface area contributed by atoms with Crippen LogP contribution in [0.25, 0.3) is 0 Å². The minimum atomic E-state index is -0.556. The molecule has 0 spiro atoms. The number of rotatable bonds is 41. The highest BCUT2D eigenvalue weighted by atomic mass is 16.6. The quantitative estimate of drug-likeness (QED) is 0.0184. The van der Waals surface area contributed by atoms with E-state index in [2.05, 4.69) is 30.7 Å². The molecule has 0 aliphatic rings. The molecule has 0 aliphatic carbocycles. The van der Waals surface area contributed by atoms with Gasteiger partial charge in [0.1, 0.15) is 18.8 Å². The van der Waals surface area contributed by atoms with Crippen LogP contribution in [0.5, 0.6) is 0 Å². The first-order valence-electron chi connectivity index (χ1n) is 21.8. The maximum Gasteiger partial charge on any atom is 0.407 e. The molecule has 0 saturated carbocycles. The number of carbonyl (C=O) groups excluding carboxylic acids is 3. The monoisotopic (exact) mass is 874 g/mol. The molecule has 1 N–H and O–H groups in total.